The quantitative estimate of drug-likeness (QED) is 0.750. The molecule has 0 aliphatic rings. The van der Waals surface area contributed by atoms with Crippen LogP contribution in [0, 0.1) is 19.7 Å². The Balaban J connectivity index is 1.48. The number of carbonyl (C=O) groups excluding carboxylic acids is 1. The topological polar surface area (TPSA) is 55.6 Å². The molecule has 2 heterocycles. The summed E-state index contributed by atoms with van der Waals surface area (Å²) in [5.74, 6) is 0.224. The minimum Gasteiger partial charge on any atom is -0.483 e. The van der Waals surface area contributed by atoms with Gasteiger partial charge in [0.1, 0.15) is 17.2 Å². The van der Waals surface area contributed by atoms with Crippen molar-refractivity contribution >= 4 is 11.6 Å². The largest absolute Gasteiger partial charge is 0.483 e. The number of pyridine rings is 1. The van der Waals surface area contributed by atoms with Gasteiger partial charge in [-0.2, -0.15) is 0 Å². The van der Waals surface area contributed by atoms with Crippen molar-refractivity contribution in [1.82, 2.24) is 14.7 Å². The number of aromatic nitrogens is 2. The summed E-state index contributed by atoms with van der Waals surface area (Å²) < 4.78 is 20.4. The van der Waals surface area contributed by atoms with Gasteiger partial charge in [0, 0.05) is 25.4 Å². The Morgan fingerprint density at radius 2 is 2.08 bits per heavy atom. The maximum atomic E-state index is 13.2. The van der Waals surface area contributed by atoms with Crippen LogP contribution in [0.1, 0.15) is 16.8 Å². The van der Waals surface area contributed by atoms with E-state index in [1.807, 2.05) is 32.0 Å². The van der Waals surface area contributed by atoms with Gasteiger partial charge in [-0.15, -0.1) is 0 Å². The standard InChI is InChI=1S/C19H20FN3O2/c1-13-4-3-5-17(14(13)2)25-12-19(24)21-9-8-16-11-23-10-15(20)6-7-18(23)22-16/h3-7,10-11H,8-9,12H2,1-2H3,(H,21,24). The Hall–Kier alpha value is -2.89. The van der Waals surface area contributed by atoms with Crippen LogP contribution < -0.4 is 10.1 Å². The summed E-state index contributed by atoms with van der Waals surface area (Å²) in [4.78, 5) is 16.3. The third kappa shape index (κ3) is 4.15. The van der Waals surface area contributed by atoms with Gasteiger partial charge in [-0.05, 0) is 43.2 Å². The summed E-state index contributed by atoms with van der Waals surface area (Å²) in [6.07, 6.45) is 3.71. The SMILES string of the molecule is Cc1cccc(OCC(=O)NCCc2cn3cc(F)ccc3n2)c1C. The van der Waals surface area contributed by atoms with E-state index >= 15 is 0 Å². The average molecular weight is 341 g/mol. The molecule has 6 heteroatoms. The molecule has 1 aromatic carbocycles. The molecular formula is C19H20FN3O2. The van der Waals surface area contributed by atoms with Crippen molar-refractivity contribution in [3.05, 3.63) is 65.4 Å². The molecule has 25 heavy (non-hydrogen) atoms. The van der Waals surface area contributed by atoms with Gasteiger partial charge >= 0.3 is 0 Å². The number of hydrogen-bond donors (Lipinski definition) is 1. The van der Waals surface area contributed by atoms with E-state index in [0.717, 1.165) is 22.6 Å². The number of aryl methyl sites for hydroxylation is 1. The van der Waals surface area contributed by atoms with E-state index in [4.69, 9.17) is 4.74 Å². The molecule has 3 aromatic rings. The zero-order chi connectivity index (χ0) is 17.8. The smallest absolute Gasteiger partial charge is 0.257 e. The molecule has 0 spiro atoms. The number of rotatable bonds is 6. The molecule has 3 rings (SSSR count). The normalized spacial score (nSPS) is 10.8. The number of nitrogens with one attached hydrogen (secondary N) is 1. The van der Waals surface area contributed by atoms with Crippen LogP contribution in [0.3, 0.4) is 0 Å². The highest BCUT2D eigenvalue weighted by Crippen LogP contribution is 2.20. The first-order valence-corrected chi connectivity index (χ1v) is 8.12. The number of halogens is 1. The highest BCUT2D eigenvalue weighted by molar-refractivity contribution is 5.77. The number of hydrogen-bond acceptors (Lipinski definition) is 3. The zero-order valence-corrected chi connectivity index (χ0v) is 14.3. The van der Waals surface area contributed by atoms with E-state index in [1.54, 1.807) is 16.7 Å². The minimum atomic E-state index is -0.312. The van der Waals surface area contributed by atoms with Crippen LogP contribution >= 0.6 is 0 Å². The maximum absolute atomic E-state index is 13.2. The Morgan fingerprint density at radius 1 is 1.24 bits per heavy atom. The fraction of sp³-hybridized carbons (Fsp3) is 0.263. The lowest BCUT2D eigenvalue weighted by atomic mass is 10.1. The van der Waals surface area contributed by atoms with Crippen LogP contribution in [0.4, 0.5) is 4.39 Å². The van der Waals surface area contributed by atoms with Crippen molar-refractivity contribution in [1.29, 1.82) is 0 Å². The highest BCUT2D eigenvalue weighted by Gasteiger charge is 2.07. The van der Waals surface area contributed by atoms with E-state index < -0.39 is 0 Å². The van der Waals surface area contributed by atoms with Gasteiger partial charge in [-0.25, -0.2) is 9.37 Å². The molecule has 2 aromatic heterocycles. The first-order chi connectivity index (χ1) is 12.0. The Morgan fingerprint density at radius 3 is 2.92 bits per heavy atom. The van der Waals surface area contributed by atoms with Gasteiger partial charge < -0.3 is 14.5 Å². The van der Waals surface area contributed by atoms with Crippen molar-refractivity contribution < 1.29 is 13.9 Å². The van der Waals surface area contributed by atoms with Crippen molar-refractivity contribution in [2.24, 2.45) is 0 Å². The lowest BCUT2D eigenvalue weighted by Gasteiger charge is -2.10. The van der Waals surface area contributed by atoms with Crippen molar-refractivity contribution in [3.63, 3.8) is 0 Å². The Bertz CT molecular complexity index is 905. The molecule has 130 valence electrons. The van der Waals surface area contributed by atoms with Gasteiger partial charge in [-0.1, -0.05) is 12.1 Å². The van der Waals surface area contributed by atoms with E-state index in [2.05, 4.69) is 10.3 Å². The molecule has 0 fully saturated rings. The molecule has 0 radical (unpaired) electrons. The van der Waals surface area contributed by atoms with Crippen LogP contribution in [0.2, 0.25) is 0 Å². The molecule has 0 unspecified atom stereocenters. The second kappa shape index (κ2) is 7.34. The van der Waals surface area contributed by atoms with Crippen LogP contribution in [0.25, 0.3) is 5.65 Å². The van der Waals surface area contributed by atoms with Gasteiger partial charge in [0.2, 0.25) is 0 Å². The number of benzene rings is 1. The number of fused-ring (bicyclic) bond motifs is 1. The molecule has 0 aliphatic carbocycles. The van der Waals surface area contributed by atoms with Crippen LogP contribution in [-0.2, 0) is 11.2 Å². The van der Waals surface area contributed by atoms with Crippen LogP contribution in [0.15, 0.2) is 42.7 Å². The second-order valence-corrected chi connectivity index (χ2v) is 5.93. The fourth-order valence-electron chi connectivity index (χ4n) is 2.54. The summed E-state index contributed by atoms with van der Waals surface area (Å²) in [5.41, 5.74) is 3.63. The van der Waals surface area contributed by atoms with Crippen molar-refractivity contribution in [3.8, 4) is 5.75 Å². The Kier molecular flexibility index (Phi) is 4.97. The van der Waals surface area contributed by atoms with E-state index in [9.17, 15) is 9.18 Å². The van der Waals surface area contributed by atoms with E-state index in [1.165, 1.54) is 12.3 Å². The highest BCUT2D eigenvalue weighted by atomic mass is 19.1. The monoisotopic (exact) mass is 341 g/mol. The van der Waals surface area contributed by atoms with Gasteiger partial charge in [0.05, 0.1) is 5.69 Å². The minimum absolute atomic E-state index is 0.0271. The average Bonchev–Trinajstić information content (AvgIpc) is 2.98. The molecule has 0 atom stereocenters. The molecule has 0 saturated heterocycles. The third-order valence-electron chi connectivity index (χ3n) is 4.08. The lowest BCUT2D eigenvalue weighted by molar-refractivity contribution is -0.123. The fourth-order valence-corrected chi connectivity index (χ4v) is 2.54. The molecule has 0 bridgehead atoms. The predicted molar refractivity (Wildman–Crippen MR) is 93.3 cm³/mol. The number of carbonyl (C=O) groups is 1. The zero-order valence-electron chi connectivity index (χ0n) is 14.3. The number of ether oxygens (including phenoxy) is 1. The number of imidazole rings is 1. The molecule has 5 nitrogen and oxygen atoms in total. The number of amides is 1. The van der Waals surface area contributed by atoms with Crippen LogP contribution in [0.5, 0.6) is 5.75 Å². The molecule has 1 N–H and O–H groups in total. The first kappa shape index (κ1) is 17.0. The van der Waals surface area contributed by atoms with E-state index in [0.29, 0.717) is 18.6 Å². The van der Waals surface area contributed by atoms with Gasteiger partial charge in [0.15, 0.2) is 6.61 Å². The van der Waals surface area contributed by atoms with Gasteiger partial charge in [-0.3, -0.25) is 4.79 Å². The Labute approximate surface area is 145 Å². The molecule has 0 saturated carbocycles. The lowest BCUT2D eigenvalue weighted by Crippen LogP contribution is -2.30. The van der Waals surface area contributed by atoms with Crippen molar-refractivity contribution in [2.75, 3.05) is 13.2 Å². The predicted octanol–water partition coefficient (Wildman–Crippen LogP) is 2.83. The number of nitrogens with zero attached hydrogens (tertiary/aromatic N) is 2. The summed E-state index contributed by atoms with van der Waals surface area (Å²) in [5, 5.41) is 2.80. The first-order valence-electron chi connectivity index (χ1n) is 8.12. The van der Waals surface area contributed by atoms with Crippen molar-refractivity contribution in [2.45, 2.75) is 20.3 Å². The second-order valence-electron chi connectivity index (χ2n) is 5.93. The summed E-state index contributed by atoms with van der Waals surface area (Å²) in [6, 6.07) is 8.75. The molecule has 0 aliphatic heterocycles. The summed E-state index contributed by atoms with van der Waals surface area (Å²) >= 11 is 0. The van der Waals surface area contributed by atoms with Crippen LogP contribution in [-0.4, -0.2) is 28.4 Å². The molecule has 1 amide bonds. The summed E-state index contributed by atoms with van der Waals surface area (Å²) in [6.45, 7) is 4.39. The third-order valence-corrected chi connectivity index (χ3v) is 4.08. The molecular weight excluding hydrogens is 321 g/mol. The van der Waals surface area contributed by atoms with E-state index in [-0.39, 0.29) is 18.3 Å². The van der Waals surface area contributed by atoms with Gasteiger partial charge in [0.25, 0.3) is 5.91 Å². The summed E-state index contributed by atoms with van der Waals surface area (Å²) in [7, 11) is 0. The maximum Gasteiger partial charge on any atom is 0.257 e.